The van der Waals surface area contributed by atoms with Gasteiger partial charge in [-0.15, -0.1) is 0 Å². The highest BCUT2D eigenvalue weighted by atomic mass is 16.4. The topological polar surface area (TPSA) is 205 Å². The molecule has 38 heavy (non-hydrogen) atoms. The number of pyridine rings is 2. The first-order valence-electron chi connectivity index (χ1n) is 11.2. The van der Waals surface area contributed by atoms with E-state index in [1.54, 1.807) is 20.8 Å². The van der Waals surface area contributed by atoms with Crippen molar-refractivity contribution >= 4 is 40.7 Å². The SMILES string of the molecule is CC(C)(C)C(=O)Nc1nc(O)c2cc(C#Cc3cncc(C(=O)N[C@H](CCC(=O)O)C(=O)O)c3)cnc2n1. The Morgan fingerprint density at radius 1 is 1.00 bits per heavy atom. The van der Waals surface area contributed by atoms with Gasteiger partial charge in [-0.1, -0.05) is 32.6 Å². The van der Waals surface area contributed by atoms with Crippen molar-refractivity contribution in [1.82, 2.24) is 25.3 Å². The van der Waals surface area contributed by atoms with Crippen molar-refractivity contribution in [2.45, 2.75) is 39.7 Å². The lowest BCUT2D eigenvalue weighted by Crippen LogP contribution is -2.41. The fraction of sp³-hybridized carbons (Fsp3) is 0.280. The number of carboxylic acids is 2. The van der Waals surface area contributed by atoms with Crippen molar-refractivity contribution in [3.63, 3.8) is 0 Å². The average molecular weight is 521 g/mol. The molecule has 0 aliphatic carbocycles. The van der Waals surface area contributed by atoms with E-state index < -0.39 is 41.6 Å². The molecule has 1 atom stereocenters. The van der Waals surface area contributed by atoms with Gasteiger partial charge in [0.2, 0.25) is 17.7 Å². The van der Waals surface area contributed by atoms with Crippen LogP contribution in [0.1, 0.15) is 55.1 Å². The molecule has 2 amide bonds. The molecule has 0 bridgehead atoms. The Bertz CT molecular complexity index is 1490. The van der Waals surface area contributed by atoms with Gasteiger partial charge in [-0.05, 0) is 18.6 Å². The minimum Gasteiger partial charge on any atom is -0.493 e. The van der Waals surface area contributed by atoms with E-state index in [0.717, 1.165) is 0 Å². The summed E-state index contributed by atoms with van der Waals surface area (Å²) >= 11 is 0. The van der Waals surface area contributed by atoms with E-state index in [9.17, 15) is 29.4 Å². The number of rotatable bonds is 7. The van der Waals surface area contributed by atoms with Crippen LogP contribution in [0.5, 0.6) is 5.88 Å². The zero-order valence-electron chi connectivity index (χ0n) is 20.6. The molecule has 0 spiro atoms. The monoisotopic (exact) mass is 520 g/mol. The van der Waals surface area contributed by atoms with Crippen molar-refractivity contribution in [1.29, 1.82) is 0 Å². The largest absolute Gasteiger partial charge is 0.493 e. The molecule has 0 saturated carbocycles. The van der Waals surface area contributed by atoms with E-state index in [0.29, 0.717) is 11.1 Å². The maximum Gasteiger partial charge on any atom is 0.326 e. The van der Waals surface area contributed by atoms with Gasteiger partial charge in [0.1, 0.15) is 6.04 Å². The standard InChI is InChI=1S/C25H24N6O7/c1-25(2,3)23(38)31-24-29-19-16(21(35)30-24)9-14(11-27-19)5-4-13-8-15(12-26-10-13)20(34)28-17(22(36)37)6-7-18(32)33/h8-12,17H,6-7H2,1-3H3,(H,28,34)(H,32,33)(H,36,37)(H2,27,29,30,31,35,38)/t17-/m1/s1. The molecule has 13 nitrogen and oxygen atoms in total. The number of hydrogen-bond acceptors (Lipinski definition) is 9. The van der Waals surface area contributed by atoms with Gasteiger partial charge in [-0.2, -0.15) is 9.97 Å². The van der Waals surface area contributed by atoms with Gasteiger partial charge in [-0.3, -0.25) is 24.7 Å². The molecule has 0 unspecified atom stereocenters. The zero-order valence-corrected chi connectivity index (χ0v) is 20.6. The molecule has 3 aromatic rings. The molecule has 0 aliphatic heterocycles. The quantitative estimate of drug-likeness (QED) is 0.283. The van der Waals surface area contributed by atoms with Crippen molar-refractivity contribution in [2.75, 3.05) is 5.32 Å². The van der Waals surface area contributed by atoms with Crippen LogP contribution < -0.4 is 10.6 Å². The molecule has 0 aromatic carbocycles. The van der Waals surface area contributed by atoms with Crippen molar-refractivity contribution < 1.29 is 34.5 Å². The lowest BCUT2D eigenvalue weighted by Gasteiger charge is -2.16. The number of carbonyl (C=O) groups excluding carboxylic acids is 2. The van der Waals surface area contributed by atoms with Gasteiger partial charge in [0.25, 0.3) is 5.91 Å². The number of anilines is 1. The Labute approximate surface area is 216 Å². The summed E-state index contributed by atoms with van der Waals surface area (Å²) in [6, 6.07) is 1.52. The lowest BCUT2D eigenvalue weighted by atomic mass is 9.96. The summed E-state index contributed by atoms with van der Waals surface area (Å²) in [4.78, 5) is 62.9. The second kappa shape index (κ2) is 11.3. The first kappa shape index (κ1) is 27.5. The first-order chi connectivity index (χ1) is 17.8. The van der Waals surface area contributed by atoms with Gasteiger partial charge in [-0.25, -0.2) is 9.78 Å². The Morgan fingerprint density at radius 3 is 2.32 bits per heavy atom. The zero-order chi connectivity index (χ0) is 28.0. The second-order valence-corrected chi connectivity index (χ2v) is 9.18. The lowest BCUT2D eigenvalue weighted by molar-refractivity contribution is -0.140. The number of hydrogen-bond donors (Lipinski definition) is 5. The van der Waals surface area contributed by atoms with Gasteiger partial charge in [0.05, 0.1) is 10.9 Å². The number of aromatic hydroxyl groups is 1. The number of amides is 2. The number of carboxylic acid groups (broad SMARTS) is 2. The molecule has 13 heteroatoms. The van der Waals surface area contributed by atoms with Gasteiger partial charge in [0.15, 0.2) is 5.65 Å². The highest BCUT2D eigenvalue weighted by molar-refractivity contribution is 5.97. The Balaban J connectivity index is 1.79. The number of nitrogens with zero attached hydrogens (tertiary/aromatic N) is 4. The molecule has 3 rings (SSSR count). The van der Waals surface area contributed by atoms with Crippen LogP contribution in [0.15, 0.2) is 30.7 Å². The summed E-state index contributed by atoms with van der Waals surface area (Å²) in [5.41, 5.74) is 0.203. The van der Waals surface area contributed by atoms with Crippen molar-refractivity contribution in [2.24, 2.45) is 5.41 Å². The third kappa shape index (κ3) is 7.20. The molecule has 3 heterocycles. The Kier molecular flexibility index (Phi) is 8.16. The van der Waals surface area contributed by atoms with E-state index in [1.165, 1.54) is 30.7 Å². The number of fused-ring (bicyclic) bond motifs is 1. The van der Waals surface area contributed by atoms with E-state index in [1.807, 2.05) is 0 Å². The third-order valence-electron chi connectivity index (χ3n) is 5.04. The Morgan fingerprint density at radius 2 is 1.68 bits per heavy atom. The number of aromatic nitrogens is 4. The highest BCUT2D eigenvalue weighted by Crippen LogP contribution is 2.23. The minimum absolute atomic E-state index is 0.0332. The molecule has 0 saturated heterocycles. The molecule has 0 aliphatic rings. The van der Waals surface area contributed by atoms with Crippen molar-refractivity contribution in [3.8, 4) is 17.7 Å². The molecule has 0 radical (unpaired) electrons. The number of nitrogens with one attached hydrogen (secondary N) is 2. The van der Waals surface area contributed by atoms with E-state index in [2.05, 4.69) is 42.4 Å². The number of carbonyl (C=O) groups is 4. The fourth-order valence-corrected chi connectivity index (χ4v) is 2.95. The minimum atomic E-state index is -1.38. The van der Waals surface area contributed by atoms with E-state index in [4.69, 9.17) is 5.11 Å². The molecule has 0 fully saturated rings. The molecule has 3 aromatic heterocycles. The summed E-state index contributed by atoms with van der Waals surface area (Å²) in [5, 5.41) is 33.3. The molecule has 196 valence electrons. The van der Waals surface area contributed by atoms with Gasteiger partial charge in [0, 0.05) is 41.6 Å². The van der Waals surface area contributed by atoms with E-state index in [-0.39, 0.29) is 34.9 Å². The van der Waals surface area contributed by atoms with E-state index >= 15 is 0 Å². The smallest absolute Gasteiger partial charge is 0.326 e. The predicted molar refractivity (Wildman–Crippen MR) is 133 cm³/mol. The van der Waals surface area contributed by atoms with Crippen LogP contribution in [0, 0.1) is 17.3 Å². The third-order valence-corrected chi connectivity index (χ3v) is 5.04. The summed E-state index contributed by atoms with van der Waals surface area (Å²) < 4.78 is 0. The maximum atomic E-state index is 12.5. The predicted octanol–water partition coefficient (Wildman–Crippen LogP) is 1.56. The number of aliphatic carboxylic acids is 2. The maximum absolute atomic E-state index is 12.5. The summed E-state index contributed by atoms with van der Waals surface area (Å²) in [5.74, 6) is 1.53. The highest BCUT2D eigenvalue weighted by Gasteiger charge is 2.23. The van der Waals surface area contributed by atoms with Gasteiger partial charge >= 0.3 is 11.9 Å². The van der Waals surface area contributed by atoms with Crippen LogP contribution in [-0.4, -0.2) is 65.1 Å². The normalized spacial score (nSPS) is 11.7. The van der Waals surface area contributed by atoms with Crippen LogP contribution in [0.4, 0.5) is 5.95 Å². The summed E-state index contributed by atoms with van der Waals surface area (Å²) in [6.45, 7) is 5.16. The van der Waals surface area contributed by atoms with Crippen LogP contribution in [0.25, 0.3) is 11.0 Å². The van der Waals surface area contributed by atoms with Crippen LogP contribution in [0.3, 0.4) is 0 Å². The van der Waals surface area contributed by atoms with Crippen LogP contribution >= 0.6 is 0 Å². The summed E-state index contributed by atoms with van der Waals surface area (Å²) in [6.07, 6.45) is 3.32. The van der Waals surface area contributed by atoms with Crippen LogP contribution in [0.2, 0.25) is 0 Å². The fourth-order valence-electron chi connectivity index (χ4n) is 2.95. The Hall–Kier alpha value is -5.12. The van der Waals surface area contributed by atoms with Gasteiger partial charge < -0.3 is 20.6 Å². The van der Waals surface area contributed by atoms with Crippen molar-refractivity contribution in [3.05, 3.63) is 47.4 Å². The first-order valence-corrected chi connectivity index (χ1v) is 11.2. The average Bonchev–Trinajstić information content (AvgIpc) is 2.84. The molecule has 5 N–H and O–H groups in total. The molecular formula is C25H24N6O7. The molecular weight excluding hydrogens is 496 g/mol. The summed E-state index contributed by atoms with van der Waals surface area (Å²) in [7, 11) is 0. The van der Waals surface area contributed by atoms with Crippen LogP contribution in [-0.2, 0) is 14.4 Å². The second-order valence-electron chi connectivity index (χ2n) is 9.18.